The van der Waals surface area contributed by atoms with Crippen LogP contribution < -0.4 is 15.4 Å². The first kappa shape index (κ1) is 21.4. The molecule has 0 aliphatic carbocycles. The zero-order chi connectivity index (χ0) is 22.7. The van der Waals surface area contributed by atoms with Crippen LogP contribution in [0.2, 0.25) is 0 Å². The number of benzene rings is 2. The van der Waals surface area contributed by atoms with E-state index >= 15 is 0 Å². The largest absolute Gasteiger partial charge is 0.497 e. The van der Waals surface area contributed by atoms with Crippen LogP contribution in [0.3, 0.4) is 0 Å². The van der Waals surface area contributed by atoms with Gasteiger partial charge in [-0.15, -0.1) is 0 Å². The average molecular weight is 430 g/mol. The normalized spacial score (nSPS) is 10.9. The van der Waals surface area contributed by atoms with Crippen LogP contribution in [0, 0.1) is 13.8 Å². The molecule has 2 heterocycles. The second kappa shape index (κ2) is 9.09. The van der Waals surface area contributed by atoms with Crippen LogP contribution in [0.1, 0.15) is 24.0 Å². The van der Waals surface area contributed by atoms with Crippen molar-refractivity contribution in [2.75, 3.05) is 19.0 Å². The molecule has 2 amide bonds. The Labute approximate surface area is 187 Å². The molecule has 4 aromatic rings. The smallest absolute Gasteiger partial charge is 0.319 e. The third-order valence-electron chi connectivity index (χ3n) is 5.41. The molecule has 2 aromatic heterocycles. The van der Waals surface area contributed by atoms with Crippen LogP contribution in [-0.4, -0.2) is 34.2 Å². The predicted molar refractivity (Wildman–Crippen MR) is 127 cm³/mol. The van der Waals surface area contributed by atoms with Gasteiger partial charge in [-0.3, -0.25) is 0 Å². The molecular formula is C25H27N5O2. The number of pyridine rings is 1. The van der Waals surface area contributed by atoms with Gasteiger partial charge in [0.15, 0.2) is 5.65 Å². The summed E-state index contributed by atoms with van der Waals surface area (Å²) in [6.07, 6.45) is 0. The van der Waals surface area contributed by atoms with E-state index < -0.39 is 0 Å². The minimum absolute atomic E-state index is 0.246. The maximum Gasteiger partial charge on any atom is 0.319 e. The van der Waals surface area contributed by atoms with Gasteiger partial charge < -0.3 is 19.9 Å². The maximum absolute atomic E-state index is 11.9. The maximum atomic E-state index is 11.9. The van der Waals surface area contributed by atoms with E-state index in [0.29, 0.717) is 18.8 Å². The van der Waals surface area contributed by atoms with Gasteiger partial charge >= 0.3 is 6.03 Å². The van der Waals surface area contributed by atoms with Crippen LogP contribution in [0.4, 0.5) is 10.5 Å². The van der Waals surface area contributed by atoms with Crippen LogP contribution >= 0.6 is 0 Å². The average Bonchev–Trinajstić information content (AvgIpc) is 3.09. The quantitative estimate of drug-likeness (QED) is 0.456. The lowest BCUT2D eigenvalue weighted by Crippen LogP contribution is -2.28. The van der Waals surface area contributed by atoms with Gasteiger partial charge in [0.1, 0.15) is 17.1 Å². The molecule has 7 heteroatoms. The number of rotatable bonds is 6. The molecule has 0 saturated carbocycles. The number of imidazole rings is 1. The summed E-state index contributed by atoms with van der Waals surface area (Å²) in [6, 6.07) is 18.2. The number of hydrogen-bond acceptors (Lipinski definition) is 4. The van der Waals surface area contributed by atoms with Crippen molar-refractivity contribution in [3.05, 3.63) is 71.7 Å². The number of carbonyl (C=O) groups is 1. The van der Waals surface area contributed by atoms with E-state index in [1.165, 1.54) is 0 Å². The fourth-order valence-corrected chi connectivity index (χ4v) is 3.66. The van der Waals surface area contributed by atoms with Crippen LogP contribution in [-0.2, 0) is 6.54 Å². The third-order valence-corrected chi connectivity index (χ3v) is 5.41. The molecule has 2 N–H and O–H groups in total. The summed E-state index contributed by atoms with van der Waals surface area (Å²) in [6.45, 7) is 6.96. The molecule has 0 radical (unpaired) electrons. The Morgan fingerprint density at radius 2 is 1.66 bits per heavy atom. The molecule has 0 saturated heterocycles. The second-order valence-electron chi connectivity index (χ2n) is 7.62. The topological polar surface area (TPSA) is 81.1 Å². The Bertz CT molecular complexity index is 1240. The number of anilines is 1. The zero-order valence-electron chi connectivity index (χ0n) is 18.8. The first-order chi connectivity index (χ1) is 15.5. The summed E-state index contributed by atoms with van der Waals surface area (Å²) < 4.78 is 7.33. The highest BCUT2D eigenvalue weighted by atomic mass is 16.5. The Hall–Kier alpha value is -3.87. The van der Waals surface area contributed by atoms with Crippen molar-refractivity contribution >= 4 is 22.9 Å². The fourth-order valence-electron chi connectivity index (χ4n) is 3.66. The molecular weight excluding hydrogens is 402 g/mol. The highest BCUT2D eigenvalue weighted by Crippen LogP contribution is 2.25. The lowest BCUT2D eigenvalue weighted by molar-refractivity contribution is 0.252. The molecule has 4 rings (SSSR count). The molecule has 0 spiro atoms. The summed E-state index contributed by atoms with van der Waals surface area (Å²) >= 11 is 0. The summed E-state index contributed by atoms with van der Waals surface area (Å²) in [5.41, 5.74) is 6.44. The zero-order valence-corrected chi connectivity index (χ0v) is 18.8. The van der Waals surface area contributed by atoms with E-state index in [4.69, 9.17) is 9.72 Å². The monoisotopic (exact) mass is 429 g/mol. The summed E-state index contributed by atoms with van der Waals surface area (Å²) in [7, 11) is 1.67. The number of aryl methyl sites for hydroxylation is 2. The molecule has 0 bridgehead atoms. The van der Waals surface area contributed by atoms with E-state index in [1.54, 1.807) is 7.11 Å². The Morgan fingerprint density at radius 1 is 1.00 bits per heavy atom. The van der Waals surface area contributed by atoms with Crippen molar-refractivity contribution in [1.82, 2.24) is 19.9 Å². The number of ether oxygens (including phenoxy) is 1. The standard InChI is InChI=1S/C25H27N5O2/c1-5-26-25(31)29-22-14-23-24(27-16(22)2)30(17(3)28-23)15-18-6-8-19(9-7-18)20-10-12-21(32-4)13-11-20/h6-14H,5,15H2,1-4H3,(H2,26,29,31). The van der Waals surface area contributed by atoms with Crippen molar-refractivity contribution in [3.63, 3.8) is 0 Å². The lowest BCUT2D eigenvalue weighted by atomic mass is 10.0. The number of hydrogen-bond donors (Lipinski definition) is 2. The Morgan fingerprint density at radius 3 is 2.28 bits per heavy atom. The minimum atomic E-state index is -0.246. The van der Waals surface area contributed by atoms with Crippen LogP contribution in [0.15, 0.2) is 54.6 Å². The summed E-state index contributed by atoms with van der Waals surface area (Å²) in [4.78, 5) is 21.3. The molecule has 164 valence electrons. The number of nitrogens with one attached hydrogen (secondary N) is 2. The number of carbonyl (C=O) groups excluding carboxylic acids is 1. The van der Waals surface area contributed by atoms with Crippen molar-refractivity contribution in [3.8, 4) is 16.9 Å². The third kappa shape index (κ3) is 4.42. The summed E-state index contributed by atoms with van der Waals surface area (Å²) in [5, 5.41) is 5.57. The first-order valence-electron chi connectivity index (χ1n) is 10.6. The summed E-state index contributed by atoms with van der Waals surface area (Å²) in [5.74, 6) is 1.72. The van der Waals surface area contributed by atoms with E-state index in [0.717, 1.165) is 45.1 Å². The Kier molecular flexibility index (Phi) is 6.07. The molecule has 0 aliphatic heterocycles. The van der Waals surface area contributed by atoms with Crippen LogP contribution in [0.5, 0.6) is 5.75 Å². The van der Waals surface area contributed by atoms with Gasteiger partial charge in [-0.05, 0) is 55.7 Å². The van der Waals surface area contributed by atoms with Gasteiger partial charge in [0, 0.05) is 6.54 Å². The highest BCUT2D eigenvalue weighted by molar-refractivity contribution is 5.92. The molecule has 32 heavy (non-hydrogen) atoms. The van der Waals surface area contributed by atoms with Gasteiger partial charge in [-0.1, -0.05) is 36.4 Å². The SMILES string of the molecule is CCNC(=O)Nc1cc2nc(C)n(Cc3ccc(-c4ccc(OC)cc4)cc3)c2nc1C. The number of amides is 2. The van der Waals surface area contributed by atoms with Crippen molar-refractivity contribution < 1.29 is 9.53 Å². The molecule has 7 nitrogen and oxygen atoms in total. The van der Waals surface area contributed by atoms with Gasteiger partial charge in [0.05, 0.1) is 25.0 Å². The molecule has 2 aromatic carbocycles. The lowest BCUT2D eigenvalue weighted by Gasteiger charge is -2.11. The minimum Gasteiger partial charge on any atom is -0.497 e. The van der Waals surface area contributed by atoms with E-state index in [2.05, 4.69) is 56.6 Å². The first-order valence-corrected chi connectivity index (χ1v) is 10.6. The number of methoxy groups -OCH3 is 1. The van der Waals surface area contributed by atoms with Gasteiger partial charge in [-0.2, -0.15) is 0 Å². The number of nitrogens with zero attached hydrogens (tertiary/aromatic N) is 3. The highest BCUT2D eigenvalue weighted by Gasteiger charge is 2.14. The number of aromatic nitrogens is 3. The second-order valence-corrected chi connectivity index (χ2v) is 7.62. The van der Waals surface area contributed by atoms with Gasteiger partial charge in [-0.25, -0.2) is 14.8 Å². The molecule has 0 unspecified atom stereocenters. The van der Waals surface area contributed by atoms with Crippen molar-refractivity contribution in [2.45, 2.75) is 27.3 Å². The van der Waals surface area contributed by atoms with Crippen LogP contribution in [0.25, 0.3) is 22.3 Å². The number of urea groups is 1. The van der Waals surface area contributed by atoms with E-state index in [9.17, 15) is 4.79 Å². The molecule has 0 fully saturated rings. The molecule has 0 atom stereocenters. The molecule has 0 aliphatic rings. The van der Waals surface area contributed by atoms with Crippen molar-refractivity contribution in [1.29, 1.82) is 0 Å². The van der Waals surface area contributed by atoms with E-state index in [1.807, 2.05) is 39.0 Å². The fraction of sp³-hybridized carbons (Fsp3) is 0.240. The Balaban J connectivity index is 1.57. The predicted octanol–water partition coefficient (Wildman–Crippen LogP) is 4.91. The van der Waals surface area contributed by atoms with Gasteiger partial charge in [0.2, 0.25) is 0 Å². The van der Waals surface area contributed by atoms with E-state index in [-0.39, 0.29) is 6.03 Å². The van der Waals surface area contributed by atoms with Gasteiger partial charge in [0.25, 0.3) is 0 Å². The number of fused-ring (bicyclic) bond motifs is 1. The van der Waals surface area contributed by atoms with Crippen molar-refractivity contribution in [2.24, 2.45) is 0 Å².